The lowest BCUT2D eigenvalue weighted by atomic mass is 10.3. The average Bonchev–Trinajstić information content (AvgIpc) is 2.84. The molecule has 98 valence electrons. The van der Waals surface area contributed by atoms with Crippen LogP contribution in [-0.4, -0.2) is 15.9 Å². The summed E-state index contributed by atoms with van der Waals surface area (Å²) in [6, 6.07) is 3.46. The zero-order chi connectivity index (χ0) is 13.2. The summed E-state index contributed by atoms with van der Waals surface area (Å²) in [5, 5.41) is 14.0. The Morgan fingerprint density at radius 2 is 2.42 bits per heavy atom. The summed E-state index contributed by atoms with van der Waals surface area (Å²) in [6.07, 6.45) is 3.84. The van der Waals surface area contributed by atoms with Crippen LogP contribution in [0.25, 0.3) is 0 Å². The van der Waals surface area contributed by atoms with Crippen LogP contribution in [0.3, 0.4) is 0 Å². The van der Waals surface area contributed by atoms with E-state index in [0.29, 0.717) is 11.5 Å². The predicted octanol–water partition coefficient (Wildman–Crippen LogP) is -0.00130. The number of nitrogens with one attached hydrogen (secondary N) is 2. The quantitative estimate of drug-likeness (QED) is 0.530. The number of fused-ring (bicyclic) bond motifs is 1. The van der Waals surface area contributed by atoms with Crippen LogP contribution >= 0.6 is 0 Å². The Labute approximate surface area is 108 Å². The molecule has 0 aromatic carbocycles. The molecule has 3 rings (SSSR count). The largest absolute Gasteiger partial charge is 0.619 e. The highest BCUT2D eigenvalue weighted by atomic mass is 16.5. The van der Waals surface area contributed by atoms with Gasteiger partial charge in [0.1, 0.15) is 5.69 Å². The first-order valence-electron chi connectivity index (χ1n) is 5.65. The molecule has 0 saturated heterocycles. The van der Waals surface area contributed by atoms with Gasteiger partial charge in [0.05, 0.1) is 12.9 Å². The first-order valence-corrected chi connectivity index (χ1v) is 5.65. The Morgan fingerprint density at radius 1 is 1.53 bits per heavy atom. The molecule has 0 fully saturated rings. The Bertz CT molecular complexity index is 623. The van der Waals surface area contributed by atoms with Crippen LogP contribution in [0.2, 0.25) is 0 Å². The number of imidazole rings is 1. The van der Waals surface area contributed by atoms with Crippen molar-refractivity contribution in [2.24, 2.45) is 10.7 Å². The van der Waals surface area contributed by atoms with Gasteiger partial charge in [-0.3, -0.25) is 0 Å². The van der Waals surface area contributed by atoms with Crippen LogP contribution in [0.4, 0.5) is 5.82 Å². The van der Waals surface area contributed by atoms with E-state index in [0.717, 1.165) is 10.3 Å². The number of guanidine groups is 1. The second kappa shape index (κ2) is 4.58. The minimum absolute atomic E-state index is 0.247. The second-order valence-electron chi connectivity index (χ2n) is 4.04. The zero-order valence-electron chi connectivity index (χ0n) is 9.91. The van der Waals surface area contributed by atoms with Crippen molar-refractivity contribution in [1.82, 2.24) is 9.97 Å². The van der Waals surface area contributed by atoms with E-state index in [4.69, 9.17) is 10.5 Å². The zero-order valence-corrected chi connectivity index (χ0v) is 9.91. The molecule has 1 aliphatic heterocycles. The second-order valence-corrected chi connectivity index (χ2v) is 4.04. The van der Waals surface area contributed by atoms with Crippen molar-refractivity contribution in [2.45, 2.75) is 12.8 Å². The summed E-state index contributed by atoms with van der Waals surface area (Å²) in [7, 11) is 0. The summed E-state index contributed by atoms with van der Waals surface area (Å²) >= 11 is 0. The van der Waals surface area contributed by atoms with Crippen LogP contribution in [0, 0.1) is 5.21 Å². The van der Waals surface area contributed by atoms with E-state index in [1.807, 2.05) is 0 Å². The highest BCUT2D eigenvalue weighted by Gasteiger charge is 2.23. The van der Waals surface area contributed by atoms with Crippen molar-refractivity contribution in [2.75, 3.05) is 5.32 Å². The lowest BCUT2D eigenvalue weighted by Crippen LogP contribution is -2.29. The van der Waals surface area contributed by atoms with Gasteiger partial charge in [-0.2, -0.15) is 4.73 Å². The van der Waals surface area contributed by atoms with Gasteiger partial charge < -0.3 is 26.0 Å². The van der Waals surface area contributed by atoms with Crippen molar-refractivity contribution in [1.29, 1.82) is 0 Å². The van der Waals surface area contributed by atoms with E-state index >= 15 is 0 Å². The summed E-state index contributed by atoms with van der Waals surface area (Å²) in [4.78, 5) is 11.2. The van der Waals surface area contributed by atoms with Gasteiger partial charge in [0, 0.05) is 11.6 Å². The number of aromatic amines is 1. The molecule has 1 unspecified atom stereocenters. The summed E-state index contributed by atoms with van der Waals surface area (Å²) in [5.41, 5.74) is 7.11. The first kappa shape index (κ1) is 11.5. The highest BCUT2D eigenvalue weighted by molar-refractivity contribution is 5.93. The number of rotatable bonds is 3. The van der Waals surface area contributed by atoms with Gasteiger partial charge in [-0.05, 0) is 6.07 Å². The van der Waals surface area contributed by atoms with Crippen LogP contribution in [0.1, 0.15) is 17.5 Å². The number of nitrogens with two attached hydrogens (primary N) is 1. The minimum Gasteiger partial charge on any atom is -0.619 e. The number of hydrogen-bond acceptors (Lipinski definition) is 6. The van der Waals surface area contributed by atoms with Gasteiger partial charge in [0.25, 0.3) is 0 Å². The van der Waals surface area contributed by atoms with Crippen molar-refractivity contribution in [3.8, 4) is 0 Å². The third-order valence-electron chi connectivity index (χ3n) is 2.66. The maximum atomic E-state index is 11.1. The molecule has 4 N–H and O–H groups in total. The van der Waals surface area contributed by atoms with Crippen LogP contribution in [-0.2, 0) is 11.3 Å². The van der Waals surface area contributed by atoms with Gasteiger partial charge >= 0.3 is 0 Å². The molecule has 1 atom stereocenters. The molecule has 8 nitrogen and oxygen atoms in total. The minimum atomic E-state index is -0.556. The third-order valence-corrected chi connectivity index (χ3v) is 2.66. The van der Waals surface area contributed by atoms with E-state index < -0.39 is 6.23 Å². The molecule has 2 aromatic rings. The fourth-order valence-corrected chi connectivity index (χ4v) is 1.82. The molecule has 0 aliphatic carbocycles. The van der Waals surface area contributed by atoms with Crippen molar-refractivity contribution >= 4 is 11.8 Å². The summed E-state index contributed by atoms with van der Waals surface area (Å²) < 4.78 is 6.37. The van der Waals surface area contributed by atoms with Crippen LogP contribution in [0.15, 0.2) is 35.8 Å². The number of anilines is 1. The van der Waals surface area contributed by atoms with Gasteiger partial charge in [-0.1, -0.05) is 0 Å². The molecule has 0 bridgehead atoms. The number of hydrogen-bond donors (Lipinski definition) is 3. The van der Waals surface area contributed by atoms with Gasteiger partial charge in [0.2, 0.25) is 0 Å². The molecular formula is C11H12N6O2. The Balaban J connectivity index is 1.75. The molecule has 0 radical (unpaired) electrons. The van der Waals surface area contributed by atoms with Gasteiger partial charge in [-0.25, -0.2) is 9.98 Å². The molecule has 8 heteroatoms. The smallest absolute Gasteiger partial charge is 0.197 e. The van der Waals surface area contributed by atoms with Gasteiger partial charge in [0.15, 0.2) is 30.4 Å². The number of aromatic nitrogens is 3. The lowest BCUT2D eigenvalue weighted by molar-refractivity contribution is -0.606. The number of nitrogens with zero attached hydrogens (tertiary/aromatic N) is 3. The molecule has 1 aliphatic rings. The standard InChI is InChI=1S/C11H12N6O2/c12-11-15-9-8(13-6-14-9)10(16-11)19-5-7-2-1-3-17(18)4-7/h1-4,6,10H,5H2,(H,13,14)(H3,12,15,16). The SMILES string of the molecule is NC1=NC(OCc2ccc[n+]([O-])c2)c2[nH]cnc2N1. The maximum Gasteiger partial charge on any atom is 0.197 e. The average molecular weight is 260 g/mol. The molecule has 2 aromatic heterocycles. The van der Waals surface area contributed by atoms with E-state index in [1.54, 1.807) is 12.1 Å². The number of aliphatic imine (C=N–C) groups is 1. The van der Waals surface area contributed by atoms with E-state index in [9.17, 15) is 5.21 Å². The van der Waals surface area contributed by atoms with Crippen LogP contribution < -0.4 is 15.8 Å². The lowest BCUT2D eigenvalue weighted by Gasteiger charge is -2.19. The number of pyridine rings is 1. The monoisotopic (exact) mass is 260 g/mol. The number of H-pyrrole nitrogens is 1. The number of ether oxygens (including phenoxy) is 1. The molecule has 0 amide bonds. The third kappa shape index (κ3) is 2.33. The highest BCUT2D eigenvalue weighted by Crippen LogP contribution is 2.27. The Kier molecular flexibility index (Phi) is 2.76. The fourth-order valence-electron chi connectivity index (χ4n) is 1.82. The Hall–Kier alpha value is -2.61. The molecule has 0 spiro atoms. The van der Waals surface area contributed by atoms with Crippen molar-refractivity contribution < 1.29 is 9.47 Å². The summed E-state index contributed by atoms with van der Waals surface area (Å²) in [6.45, 7) is 0.253. The van der Waals surface area contributed by atoms with Crippen molar-refractivity contribution in [3.05, 3.63) is 47.3 Å². The van der Waals surface area contributed by atoms with Gasteiger partial charge in [-0.15, -0.1) is 0 Å². The normalized spacial score (nSPS) is 17.5. The maximum absolute atomic E-state index is 11.1. The molecule has 0 saturated carbocycles. The molecule has 3 heterocycles. The van der Waals surface area contributed by atoms with Crippen molar-refractivity contribution in [3.63, 3.8) is 0 Å². The summed E-state index contributed by atoms with van der Waals surface area (Å²) in [5.74, 6) is 0.848. The van der Waals surface area contributed by atoms with E-state index in [-0.39, 0.29) is 12.6 Å². The van der Waals surface area contributed by atoms with Crippen LogP contribution in [0.5, 0.6) is 0 Å². The molecule has 19 heavy (non-hydrogen) atoms. The van der Waals surface area contributed by atoms with E-state index in [1.165, 1.54) is 18.7 Å². The predicted molar refractivity (Wildman–Crippen MR) is 66.8 cm³/mol. The fraction of sp³-hybridized carbons (Fsp3) is 0.182. The first-order chi connectivity index (χ1) is 9.22. The molecular weight excluding hydrogens is 248 g/mol. The topological polar surface area (TPSA) is 115 Å². The Morgan fingerprint density at radius 3 is 3.26 bits per heavy atom. The van der Waals surface area contributed by atoms with E-state index in [2.05, 4.69) is 20.3 Å².